The van der Waals surface area contributed by atoms with E-state index in [0.717, 1.165) is 17.5 Å². The fourth-order valence-electron chi connectivity index (χ4n) is 5.12. The lowest BCUT2D eigenvalue weighted by molar-refractivity contribution is -0.123. The zero-order valence-corrected chi connectivity index (χ0v) is 17.9. The van der Waals surface area contributed by atoms with Crippen LogP contribution in [0.1, 0.15) is 38.3 Å². The SMILES string of the molecule is Cc1ccc(C(=O)COC(=O)c2ccc(N3C(=O)[C@@H]4[C@@H](C3=O)[C@H]3C=C[C@@H]4C3)cc2)cc1C. The van der Waals surface area contributed by atoms with Gasteiger partial charge in [-0.15, -0.1) is 0 Å². The number of aryl methyl sites for hydroxylation is 2. The molecule has 3 aliphatic rings. The number of nitrogens with zero attached hydrogens (tertiary/aromatic N) is 1. The number of benzene rings is 2. The molecule has 2 bridgehead atoms. The van der Waals surface area contributed by atoms with Gasteiger partial charge in [0.1, 0.15) is 0 Å². The van der Waals surface area contributed by atoms with Crippen LogP contribution in [-0.2, 0) is 14.3 Å². The van der Waals surface area contributed by atoms with E-state index in [-0.39, 0.29) is 53.4 Å². The van der Waals surface area contributed by atoms with Gasteiger partial charge in [-0.1, -0.05) is 24.3 Å². The summed E-state index contributed by atoms with van der Waals surface area (Å²) in [5.41, 5.74) is 3.29. The lowest BCUT2D eigenvalue weighted by Crippen LogP contribution is -2.32. The van der Waals surface area contributed by atoms with Crippen LogP contribution in [0.2, 0.25) is 0 Å². The van der Waals surface area contributed by atoms with Gasteiger partial charge in [0.25, 0.3) is 0 Å². The third-order valence-corrected chi connectivity index (χ3v) is 6.99. The minimum atomic E-state index is -0.632. The fourth-order valence-corrected chi connectivity index (χ4v) is 5.12. The standard InChI is InChI=1S/C26H23NO5/c1-14-3-4-17(11-15(14)2)21(28)13-32-26(31)16-7-9-20(10-8-16)27-24(29)22-18-5-6-19(12-18)23(22)25(27)30/h3-11,18-19,22-23H,12-13H2,1-2H3/t18-,19+,22-,23-/m0/s1. The van der Waals surface area contributed by atoms with Gasteiger partial charge in [-0.25, -0.2) is 4.79 Å². The maximum absolute atomic E-state index is 12.9. The van der Waals surface area contributed by atoms with Crippen molar-refractivity contribution < 1.29 is 23.9 Å². The zero-order valence-electron chi connectivity index (χ0n) is 17.9. The van der Waals surface area contributed by atoms with Crippen LogP contribution in [0.25, 0.3) is 0 Å². The molecule has 2 aromatic rings. The predicted molar refractivity (Wildman–Crippen MR) is 117 cm³/mol. The molecule has 2 aliphatic carbocycles. The highest BCUT2D eigenvalue weighted by atomic mass is 16.5. The number of allylic oxidation sites excluding steroid dienone is 2. The molecular weight excluding hydrogens is 406 g/mol. The number of amides is 2. The number of hydrogen-bond acceptors (Lipinski definition) is 5. The Morgan fingerprint density at radius 3 is 2.06 bits per heavy atom. The summed E-state index contributed by atoms with van der Waals surface area (Å²) in [5, 5.41) is 0. The number of rotatable bonds is 5. The number of anilines is 1. The maximum Gasteiger partial charge on any atom is 0.338 e. The van der Waals surface area contributed by atoms with Crippen molar-refractivity contribution in [3.8, 4) is 0 Å². The molecule has 5 rings (SSSR count). The number of Topliss-reactive ketones (excluding diaryl/α,β-unsaturated/α-hetero) is 1. The lowest BCUT2D eigenvalue weighted by atomic mass is 9.85. The van der Waals surface area contributed by atoms with E-state index in [2.05, 4.69) is 12.2 Å². The first-order valence-corrected chi connectivity index (χ1v) is 10.8. The van der Waals surface area contributed by atoms with Crippen LogP contribution in [0.15, 0.2) is 54.6 Å². The Morgan fingerprint density at radius 2 is 1.47 bits per heavy atom. The van der Waals surface area contributed by atoms with Gasteiger partial charge in [0.05, 0.1) is 23.1 Å². The Hall–Kier alpha value is -3.54. The van der Waals surface area contributed by atoms with E-state index in [1.807, 2.05) is 19.9 Å². The average molecular weight is 429 g/mol. The van der Waals surface area contributed by atoms with E-state index >= 15 is 0 Å². The Kier molecular flexibility index (Phi) is 4.81. The van der Waals surface area contributed by atoms with Gasteiger partial charge >= 0.3 is 5.97 Å². The molecule has 1 aliphatic heterocycles. The first-order valence-electron chi connectivity index (χ1n) is 10.8. The third-order valence-electron chi connectivity index (χ3n) is 6.99. The van der Waals surface area contributed by atoms with Crippen molar-refractivity contribution in [1.29, 1.82) is 0 Å². The minimum Gasteiger partial charge on any atom is -0.454 e. The number of carbonyl (C=O) groups is 4. The molecule has 6 heteroatoms. The second-order valence-electron chi connectivity index (χ2n) is 8.86. The van der Waals surface area contributed by atoms with Crippen LogP contribution in [-0.4, -0.2) is 30.2 Å². The largest absolute Gasteiger partial charge is 0.454 e. The van der Waals surface area contributed by atoms with Gasteiger partial charge < -0.3 is 4.74 Å². The van der Waals surface area contributed by atoms with E-state index in [0.29, 0.717) is 11.3 Å². The van der Waals surface area contributed by atoms with Crippen molar-refractivity contribution in [1.82, 2.24) is 0 Å². The second-order valence-corrected chi connectivity index (χ2v) is 8.86. The average Bonchev–Trinajstić information content (AvgIpc) is 3.47. The van der Waals surface area contributed by atoms with Gasteiger partial charge in [-0.3, -0.25) is 19.3 Å². The summed E-state index contributed by atoms with van der Waals surface area (Å²) in [7, 11) is 0. The number of ketones is 1. The molecule has 162 valence electrons. The molecule has 0 spiro atoms. The highest BCUT2D eigenvalue weighted by Crippen LogP contribution is 2.53. The van der Waals surface area contributed by atoms with Crippen LogP contribution in [0, 0.1) is 37.5 Å². The predicted octanol–water partition coefficient (Wildman–Crippen LogP) is 3.65. The number of ether oxygens (including phenoxy) is 1. The van der Waals surface area contributed by atoms with Gasteiger partial charge in [-0.05, 0) is 73.6 Å². The number of carbonyl (C=O) groups excluding carboxylic acids is 4. The summed E-state index contributed by atoms with van der Waals surface area (Å²) in [6.45, 7) is 3.53. The Balaban J connectivity index is 1.24. The summed E-state index contributed by atoms with van der Waals surface area (Å²) < 4.78 is 5.17. The first-order chi connectivity index (χ1) is 15.3. The molecule has 2 fully saturated rings. The lowest BCUT2D eigenvalue weighted by Gasteiger charge is -2.17. The number of imide groups is 1. The Bertz CT molecular complexity index is 1150. The Morgan fingerprint density at radius 1 is 0.875 bits per heavy atom. The maximum atomic E-state index is 12.9. The molecule has 32 heavy (non-hydrogen) atoms. The second kappa shape index (κ2) is 7.55. The summed E-state index contributed by atoms with van der Waals surface area (Å²) >= 11 is 0. The topological polar surface area (TPSA) is 80.8 Å². The smallest absolute Gasteiger partial charge is 0.338 e. The molecule has 4 atom stereocenters. The van der Waals surface area contributed by atoms with Crippen LogP contribution in [0.3, 0.4) is 0 Å². The van der Waals surface area contributed by atoms with Gasteiger partial charge in [0.2, 0.25) is 11.8 Å². The third kappa shape index (κ3) is 3.18. The van der Waals surface area contributed by atoms with Gasteiger partial charge in [-0.2, -0.15) is 0 Å². The molecule has 1 saturated heterocycles. The zero-order chi connectivity index (χ0) is 22.6. The van der Waals surface area contributed by atoms with E-state index < -0.39 is 5.97 Å². The summed E-state index contributed by atoms with van der Waals surface area (Å²) in [6, 6.07) is 11.5. The molecule has 1 heterocycles. The monoisotopic (exact) mass is 429 g/mol. The summed E-state index contributed by atoms with van der Waals surface area (Å²) in [4.78, 5) is 51.8. The molecule has 6 nitrogen and oxygen atoms in total. The van der Waals surface area contributed by atoms with Crippen LogP contribution >= 0.6 is 0 Å². The van der Waals surface area contributed by atoms with Gasteiger partial charge in [0.15, 0.2) is 12.4 Å². The van der Waals surface area contributed by atoms with Crippen molar-refractivity contribution in [2.45, 2.75) is 20.3 Å². The van der Waals surface area contributed by atoms with Crippen LogP contribution in [0.4, 0.5) is 5.69 Å². The van der Waals surface area contributed by atoms with Crippen LogP contribution in [0.5, 0.6) is 0 Å². The minimum absolute atomic E-state index is 0.149. The molecule has 0 aromatic heterocycles. The molecule has 2 amide bonds. The van der Waals surface area contributed by atoms with Gasteiger partial charge in [0, 0.05) is 5.56 Å². The number of fused-ring (bicyclic) bond motifs is 5. The fraction of sp³-hybridized carbons (Fsp3) is 0.308. The molecule has 2 aromatic carbocycles. The van der Waals surface area contributed by atoms with Crippen molar-refractivity contribution in [3.05, 3.63) is 76.9 Å². The Labute approximate surface area is 185 Å². The van der Waals surface area contributed by atoms with Crippen molar-refractivity contribution in [3.63, 3.8) is 0 Å². The normalized spacial score (nSPS) is 25.4. The molecule has 0 unspecified atom stereocenters. The van der Waals surface area contributed by atoms with E-state index in [1.54, 1.807) is 24.3 Å². The summed E-state index contributed by atoms with van der Waals surface area (Å²) in [6.07, 6.45) is 4.99. The highest BCUT2D eigenvalue weighted by molar-refractivity contribution is 6.22. The first kappa shape index (κ1) is 20.4. The molecular formula is C26H23NO5. The quantitative estimate of drug-likeness (QED) is 0.314. The summed E-state index contributed by atoms with van der Waals surface area (Å²) in [5.74, 6) is -1.46. The molecule has 0 radical (unpaired) electrons. The highest BCUT2D eigenvalue weighted by Gasteiger charge is 2.59. The van der Waals surface area contributed by atoms with E-state index in [9.17, 15) is 19.2 Å². The van der Waals surface area contributed by atoms with Crippen molar-refractivity contribution >= 4 is 29.3 Å². The van der Waals surface area contributed by atoms with Crippen molar-refractivity contribution in [2.24, 2.45) is 23.7 Å². The van der Waals surface area contributed by atoms with E-state index in [4.69, 9.17) is 4.74 Å². The van der Waals surface area contributed by atoms with Crippen molar-refractivity contribution in [2.75, 3.05) is 11.5 Å². The molecule has 1 saturated carbocycles. The van der Waals surface area contributed by atoms with E-state index in [1.165, 1.54) is 17.0 Å². The number of esters is 1. The number of hydrogen-bond donors (Lipinski definition) is 0. The molecule has 0 N–H and O–H groups in total. The van der Waals surface area contributed by atoms with Crippen LogP contribution < -0.4 is 4.90 Å².